The molecule has 2 fully saturated rings. The smallest absolute Gasteiger partial charge is 0.285 e. The van der Waals surface area contributed by atoms with Gasteiger partial charge in [0, 0.05) is 18.7 Å². The summed E-state index contributed by atoms with van der Waals surface area (Å²) in [5, 5.41) is 0. The summed E-state index contributed by atoms with van der Waals surface area (Å²) in [6.45, 7) is 3.72. The molecule has 0 saturated carbocycles. The van der Waals surface area contributed by atoms with Gasteiger partial charge in [-0.2, -0.15) is 4.31 Å². The van der Waals surface area contributed by atoms with E-state index in [-0.39, 0.29) is 11.9 Å². The van der Waals surface area contributed by atoms with Crippen molar-refractivity contribution in [2.24, 2.45) is 0 Å². The second-order valence-corrected chi connectivity index (χ2v) is 9.69. The lowest BCUT2D eigenvalue weighted by molar-refractivity contribution is -0.925. The first-order chi connectivity index (χ1) is 14.1. The summed E-state index contributed by atoms with van der Waals surface area (Å²) >= 11 is 0. The van der Waals surface area contributed by atoms with Crippen LogP contribution in [0.25, 0.3) is 0 Å². The van der Waals surface area contributed by atoms with Crippen LogP contribution in [0.5, 0.6) is 0 Å². The number of sulfonamides is 1. The molecule has 7 heteroatoms. The predicted octanol–water partition coefficient (Wildman–Crippen LogP) is 0.940. The van der Waals surface area contributed by atoms with Crippen LogP contribution in [-0.2, 0) is 14.8 Å². The maximum absolute atomic E-state index is 13.3. The average Bonchev–Trinajstić information content (AvgIpc) is 3.31. The van der Waals surface area contributed by atoms with E-state index in [4.69, 9.17) is 0 Å². The standard InChI is InChI=1S/C22H27N3O3S/c26-22(24-13-7-8-14-24)21(19-9-3-1-4-10-19)23-15-17-25(18-16-23)29(27,28)20-11-5-2-6-12-20/h1-6,9-12,21H,7-8,13-18H2/p+1/t21-/m1/s1. The molecule has 1 amide bonds. The Kier molecular flexibility index (Phi) is 5.99. The van der Waals surface area contributed by atoms with Gasteiger partial charge in [0.15, 0.2) is 6.04 Å². The monoisotopic (exact) mass is 414 g/mol. The van der Waals surface area contributed by atoms with Crippen molar-refractivity contribution in [1.82, 2.24) is 9.21 Å². The van der Waals surface area contributed by atoms with Crippen molar-refractivity contribution in [1.29, 1.82) is 0 Å². The molecule has 2 aliphatic rings. The summed E-state index contributed by atoms with van der Waals surface area (Å²) in [6.07, 6.45) is 2.12. The molecule has 1 atom stereocenters. The van der Waals surface area contributed by atoms with Crippen molar-refractivity contribution >= 4 is 15.9 Å². The summed E-state index contributed by atoms with van der Waals surface area (Å²) in [5.74, 6) is 0.170. The molecule has 2 aromatic rings. The van der Waals surface area contributed by atoms with Crippen molar-refractivity contribution in [3.63, 3.8) is 0 Å². The van der Waals surface area contributed by atoms with E-state index in [1.54, 1.807) is 28.6 Å². The Balaban J connectivity index is 1.52. The molecular formula is C22H28N3O3S+. The minimum absolute atomic E-state index is 0.170. The molecule has 2 saturated heterocycles. The van der Waals surface area contributed by atoms with E-state index in [1.807, 2.05) is 41.3 Å². The number of likely N-dealkylation sites (tertiary alicyclic amines) is 1. The molecule has 0 bridgehead atoms. The third kappa shape index (κ3) is 4.22. The predicted molar refractivity (Wildman–Crippen MR) is 111 cm³/mol. The number of piperazine rings is 1. The molecule has 154 valence electrons. The second kappa shape index (κ2) is 8.65. The fourth-order valence-corrected chi connectivity index (χ4v) is 5.82. The van der Waals surface area contributed by atoms with Gasteiger partial charge in [0.2, 0.25) is 10.0 Å². The van der Waals surface area contributed by atoms with Gasteiger partial charge in [0.05, 0.1) is 31.1 Å². The molecule has 2 aliphatic heterocycles. The van der Waals surface area contributed by atoms with Crippen LogP contribution in [0.15, 0.2) is 65.6 Å². The van der Waals surface area contributed by atoms with Crippen molar-refractivity contribution in [3.8, 4) is 0 Å². The normalized spacial score (nSPS) is 19.9. The summed E-state index contributed by atoms with van der Waals surface area (Å²) < 4.78 is 27.4. The van der Waals surface area contributed by atoms with Crippen molar-refractivity contribution in [3.05, 3.63) is 66.2 Å². The number of hydrogen-bond donors (Lipinski definition) is 1. The average molecular weight is 415 g/mol. The number of amides is 1. The summed E-state index contributed by atoms with van der Waals surface area (Å²) in [5.41, 5.74) is 1.01. The SMILES string of the molecule is O=C([C@@H](c1ccccc1)[NH+]1CCN(S(=O)(=O)c2ccccc2)CC1)N1CCCC1. The quantitative estimate of drug-likeness (QED) is 0.792. The van der Waals surface area contributed by atoms with Crippen LogP contribution in [0.3, 0.4) is 0 Å². The fraction of sp³-hybridized carbons (Fsp3) is 0.409. The molecule has 0 radical (unpaired) electrons. The number of carbonyl (C=O) groups excluding carboxylic acids is 1. The maximum atomic E-state index is 13.3. The Morgan fingerprint density at radius 2 is 1.38 bits per heavy atom. The highest BCUT2D eigenvalue weighted by molar-refractivity contribution is 7.89. The van der Waals surface area contributed by atoms with E-state index < -0.39 is 10.0 Å². The molecule has 0 spiro atoms. The number of benzene rings is 2. The molecule has 1 N–H and O–H groups in total. The molecule has 2 heterocycles. The van der Waals surface area contributed by atoms with Gasteiger partial charge in [-0.15, -0.1) is 0 Å². The number of nitrogens with zero attached hydrogens (tertiary/aromatic N) is 2. The van der Waals surface area contributed by atoms with Crippen LogP contribution >= 0.6 is 0 Å². The van der Waals surface area contributed by atoms with Crippen molar-refractivity contribution in [2.45, 2.75) is 23.8 Å². The lowest BCUT2D eigenvalue weighted by Gasteiger charge is -2.36. The van der Waals surface area contributed by atoms with E-state index in [9.17, 15) is 13.2 Å². The Morgan fingerprint density at radius 3 is 1.97 bits per heavy atom. The zero-order valence-electron chi connectivity index (χ0n) is 16.5. The van der Waals surface area contributed by atoms with Crippen LogP contribution in [0, 0.1) is 0 Å². The highest BCUT2D eigenvalue weighted by atomic mass is 32.2. The minimum atomic E-state index is -3.49. The topological polar surface area (TPSA) is 62.1 Å². The third-order valence-corrected chi connectivity index (χ3v) is 7.86. The zero-order valence-corrected chi connectivity index (χ0v) is 17.4. The first kappa shape index (κ1) is 20.1. The number of rotatable bonds is 5. The van der Waals surface area contributed by atoms with E-state index in [0.717, 1.165) is 36.4 Å². The largest absolute Gasteiger partial charge is 0.337 e. The molecular weight excluding hydrogens is 386 g/mol. The Labute approximate surface area is 172 Å². The molecule has 29 heavy (non-hydrogen) atoms. The molecule has 0 unspecified atom stereocenters. The number of carbonyl (C=O) groups is 1. The van der Waals surface area contributed by atoms with E-state index in [1.165, 1.54) is 0 Å². The van der Waals surface area contributed by atoms with Gasteiger partial charge in [-0.25, -0.2) is 8.42 Å². The minimum Gasteiger partial charge on any atom is -0.337 e. The Bertz CT molecular complexity index is 920. The first-order valence-electron chi connectivity index (χ1n) is 10.3. The summed E-state index contributed by atoms with van der Waals surface area (Å²) in [7, 11) is -3.49. The van der Waals surface area contributed by atoms with E-state index >= 15 is 0 Å². The molecule has 0 aliphatic carbocycles. The summed E-state index contributed by atoms with van der Waals surface area (Å²) in [4.78, 5) is 16.8. The van der Waals surface area contributed by atoms with Gasteiger partial charge in [0.1, 0.15) is 0 Å². The van der Waals surface area contributed by atoms with Crippen LogP contribution in [0.1, 0.15) is 24.4 Å². The highest BCUT2D eigenvalue weighted by Gasteiger charge is 2.39. The number of quaternary nitrogens is 1. The zero-order chi connectivity index (χ0) is 20.3. The van der Waals surface area contributed by atoms with Crippen LogP contribution in [0.4, 0.5) is 0 Å². The molecule has 4 rings (SSSR count). The van der Waals surface area contributed by atoms with Crippen LogP contribution < -0.4 is 4.90 Å². The Hall–Kier alpha value is -2.22. The van der Waals surface area contributed by atoms with Gasteiger partial charge >= 0.3 is 0 Å². The van der Waals surface area contributed by atoms with E-state index in [2.05, 4.69) is 0 Å². The van der Waals surface area contributed by atoms with Gasteiger partial charge < -0.3 is 9.80 Å². The van der Waals surface area contributed by atoms with Crippen molar-refractivity contribution < 1.29 is 18.1 Å². The van der Waals surface area contributed by atoms with Gasteiger partial charge in [-0.3, -0.25) is 4.79 Å². The second-order valence-electron chi connectivity index (χ2n) is 7.75. The maximum Gasteiger partial charge on any atom is 0.285 e. The van der Waals surface area contributed by atoms with Gasteiger partial charge in [-0.1, -0.05) is 48.5 Å². The molecule has 2 aromatic carbocycles. The van der Waals surface area contributed by atoms with Gasteiger partial charge in [0.25, 0.3) is 5.91 Å². The number of nitrogens with one attached hydrogen (secondary N) is 1. The first-order valence-corrected chi connectivity index (χ1v) is 11.7. The molecule has 0 aromatic heterocycles. The van der Waals surface area contributed by atoms with Crippen molar-refractivity contribution in [2.75, 3.05) is 39.3 Å². The van der Waals surface area contributed by atoms with Crippen LogP contribution in [0.2, 0.25) is 0 Å². The fourth-order valence-electron chi connectivity index (χ4n) is 4.36. The van der Waals surface area contributed by atoms with Gasteiger partial charge in [-0.05, 0) is 25.0 Å². The molecule has 6 nitrogen and oxygen atoms in total. The lowest BCUT2D eigenvalue weighted by Crippen LogP contribution is -3.16. The third-order valence-electron chi connectivity index (χ3n) is 5.95. The van der Waals surface area contributed by atoms with E-state index in [0.29, 0.717) is 31.1 Å². The summed E-state index contributed by atoms with van der Waals surface area (Å²) in [6, 6.07) is 18.2. The number of hydrogen-bond acceptors (Lipinski definition) is 3. The highest BCUT2D eigenvalue weighted by Crippen LogP contribution is 2.19. The Morgan fingerprint density at radius 1 is 0.828 bits per heavy atom. The van der Waals surface area contributed by atoms with Crippen LogP contribution in [-0.4, -0.2) is 62.8 Å². The lowest BCUT2D eigenvalue weighted by atomic mass is 10.0.